The molecule has 1 heterocycles. The minimum atomic E-state index is -0.196. The third-order valence-electron chi connectivity index (χ3n) is 4.69. The van der Waals surface area contributed by atoms with Crippen molar-refractivity contribution in [3.63, 3.8) is 0 Å². The summed E-state index contributed by atoms with van der Waals surface area (Å²) in [6.07, 6.45) is 1.14. The van der Waals surface area contributed by atoms with Crippen LogP contribution in [0.5, 0.6) is 5.75 Å². The van der Waals surface area contributed by atoms with Crippen molar-refractivity contribution in [1.82, 2.24) is 0 Å². The molecule has 0 fully saturated rings. The van der Waals surface area contributed by atoms with E-state index < -0.39 is 0 Å². The average Bonchev–Trinajstić information content (AvgIpc) is 2.68. The van der Waals surface area contributed by atoms with Gasteiger partial charge in [0.1, 0.15) is 5.75 Å². The molecule has 0 bridgehead atoms. The van der Waals surface area contributed by atoms with E-state index in [1.54, 1.807) is 0 Å². The molecular weight excluding hydrogens is 332 g/mol. The van der Waals surface area contributed by atoms with Crippen LogP contribution in [0.15, 0.2) is 54.6 Å². The fourth-order valence-electron chi connectivity index (χ4n) is 3.55. The van der Waals surface area contributed by atoms with Gasteiger partial charge in [-0.2, -0.15) is 9.59 Å². The van der Waals surface area contributed by atoms with Crippen molar-refractivity contribution in [1.29, 1.82) is 0 Å². The molecule has 136 valence electrons. The second-order valence-corrected chi connectivity index (χ2v) is 6.22. The molecule has 0 saturated carbocycles. The molecule has 0 saturated heterocycles. The lowest BCUT2D eigenvalue weighted by Crippen LogP contribution is -2.34. The first kappa shape index (κ1) is 19.4. The highest BCUT2D eigenvalue weighted by Crippen LogP contribution is 2.43. The predicted molar refractivity (Wildman–Crippen MR) is 94.5 cm³/mol. The zero-order chi connectivity index (χ0) is 18.9. The van der Waals surface area contributed by atoms with Crippen LogP contribution in [0.25, 0.3) is 0 Å². The van der Waals surface area contributed by atoms with E-state index in [-0.39, 0.29) is 29.9 Å². The van der Waals surface area contributed by atoms with Gasteiger partial charge >= 0.3 is 12.1 Å². The lowest BCUT2D eigenvalue weighted by atomic mass is 9.74. The van der Waals surface area contributed by atoms with Crippen molar-refractivity contribution in [2.45, 2.75) is 19.3 Å². The molecular formula is C21H22O5. The first-order valence-electron chi connectivity index (χ1n) is 8.45. The van der Waals surface area contributed by atoms with E-state index in [9.17, 15) is 4.79 Å². The topological polar surface area (TPSA) is 69.7 Å². The summed E-state index contributed by atoms with van der Waals surface area (Å²) in [5.74, 6) is 0.884. The summed E-state index contributed by atoms with van der Waals surface area (Å²) < 4.78 is 10.9. The molecule has 26 heavy (non-hydrogen) atoms. The van der Waals surface area contributed by atoms with Crippen LogP contribution < -0.4 is 4.74 Å². The summed E-state index contributed by atoms with van der Waals surface area (Å²) in [6, 6.07) is 18.4. The molecule has 5 heteroatoms. The van der Waals surface area contributed by atoms with Gasteiger partial charge in [-0.15, -0.1) is 0 Å². The Balaban J connectivity index is 0.000000758. The van der Waals surface area contributed by atoms with Crippen LogP contribution >= 0.6 is 0 Å². The third-order valence-corrected chi connectivity index (χ3v) is 4.69. The highest BCUT2D eigenvalue weighted by molar-refractivity contribution is 5.73. The molecule has 1 aliphatic rings. The van der Waals surface area contributed by atoms with Gasteiger partial charge in [-0.1, -0.05) is 55.5 Å². The number of para-hydroxylation sites is 1. The summed E-state index contributed by atoms with van der Waals surface area (Å²) in [6.45, 7) is 2.58. The van der Waals surface area contributed by atoms with Crippen LogP contribution in [-0.2, 0) is 25.5 Å². The number of fused-ring (bicyclic) bond motifs is 1. The molecule has 0 radical (unpaired) electrons. The van der Waals surface area contributed by atoms with E-state index in [0.29, 0.717) is 6.61 Å². The van der Waals surface area contributed by atoms with Crippen LogP contribution in [0.1, 0.15) is 24.0 Å². The van der Waals surface area contributed by atoms with Gasteiger partial charge in [0.15, 0.2) is 0 Å². The van der Waals surface area contributed by atoms with Crippen molar-refractivity contribution in [3.05, 3.63) is 65.7 Å². The first-order chi connectivity index (χ1) is 12.6. The highest BCUT2D eigenvalue weighted by Gasteiger charge is 2.38. The van der Waals surface area contributed by atoms with Crippen LogP contribution in [0, 0.1) is 11.8 Å². The Morgan fingerprint density at radius 1 is 1.15 bits per heavy atom. The Morgan fingerprint density at radius 3 is 2.42 bits per heavy atom. The summed E-state index contributed by atoms with van der Waals surface area (Å²) in [5.41, 5.74) is 2.38. The number of methoxy groups -OCH3 is 1. The molecule has 5 nitrogen and oxygen atoms in total. The first-order valence-corrected chi connectivity index (χ1v) is 8.45. The molecule has 2 aromatic rings. The fourth-order valence-corrected chi connectivity index (χ4v) is 3.55. The number of benzene rings is 2. The van der Waals surface area contributed by atoms with Crippen molar-refractivity contribution < 1.29 is 23.9 Å². The molecule has 3 unspecified atom stereocenters. The van der Waals surface area contributed by atoms with E-state index in [1.165, 1.54) is 12.7 Å². The molecule has 0 aromatic heterocycles. The standard InChI is InChI=1S/C20H22O3.CO2/c1-14(20(21)22-2)19-16(12-15-8-4-3-5-9-15)13-23-18-11-7-6-10-17(18)19;2-1-3/h3-11,14,16,19H,12-13H2,1-2H3;. The van der Waals surface area contributed by atoms with E-state index in [0.717, 1.165) is 17.7 Å². The second-order valence-electron chi connectivity index (χ2n) is 6.22. The van der Waals surface area contributed by atoms with Crippen LogP contribution in [-0.4, -0.2) is 25.8 Å². The van der Waals surface area contributed by atoms with Gasteiger partial charge in [-0.25, -0.2) is 0 Å². The average molecular weight is 354 g/mol. The van der Waals surface area contributed by atoms with Crippen molar-refractivity contribution in [3.8, 4) is 5.75 Å². The summed E-state index contributed by atoms with van der Waals surface area (Å²) in [4.78, 5) is 28.4. The maximum atomic E-state index is 12.2. The lowest BCUT2D eigenvalue weighted by molar-refractivity contribution is -0.191. The Kier molecular flexibility index (Phi) is 7.12. The van der Waals surface area contributed by atoms with Crippen LogP contribution in [0.4, 0.5) is 0 Å². The summed E-state index contributed by atoms with van der Waals surface area (Å²) in [5, 5.41) is 0. The third kappa shape index (κ3) is 4.58. The number of rotatable bonds is 4. The number of hydrogen-bond donors (Lipinski definition) is 0. The Bertz CT molecular complexity index is 750. The maximum absolute atomic E-state index is 12.2. The molecule has 1 aliphatic heterocycles. The Labute approximate surface area is 152 Å². The van der Waals surface area contributed by atoms with E-state index >= 15 is 0 Å². The highest BCUT2D eigenvalue weighted by atomic mass is 16.5. The molecule has 0 amide bonds. The SMILES string of the molecule is COC(=O)C(C)C1c2ccccc2OCC1Cc1ccccc1.O=C=O. The zero-order valence-corrected chi connectivity index (χ0v) is 14.9. The van der Waals surface area contributed by atoms with Gasteiger partial charge in [-0.05, 0) is 23.6 Å². The molecule has 2 aromatic carbocycles. The molecule has 0 N–H and O–H groups in total. The molecule has 0 aliphatic carbocycles. The number of carbonyl (C=O) groups is 1. The molecule has 3 atom stereocenters. The van der Waals surface area contributed by atoms with Gasteiger partial charge in [0.2, 0.25) is 0 Å². The normalized spacial score (nSPS) is 18.8. The van der Waals surface area contributed by atoms with Gasteiger partial charge in [-0.3, -0.25) is 4.79 Å². The summed E-state index contributed by atoms with van der Waals surface area (Å²) in [7, 11) is 1.45. The largest absolute Gasteiger partial charge is 0.493 e. The van der Waals surface area contributed by atoms with Crippen molar-refractivity contribution in [2.75, 3.05) is 13.7 Å². The van der Waals surface area contributed by atoms with Gasteiger partial charge in [0.25, 0.3) is 0 Å². The van der Waals surface area contributed by atoms with Gasteiger partial charge < -0.3 is 9.47 Å². The van der Waals surface area contributed by atoms with Crippen LogP contribution in [0.2, 0.25) is 0 Å². The maximum Gasteiger partial charge on any atom is 0.373 e. The number of hydrogen-bond acceptors (Lipinski definition) is 5. The van der Waals surface area contributed by atoms with E-state index in [2.05, 4.69) is 18.2 Å². The van der Waals surface area contributed by atoms with Gasteiger partial charge in [0, 0.05) is 11.8 Å². The Morgan fingerprint density at radius 2 is 1.77 bits per heavy atom. The zero-order valence-electron chi connectivity index (χ0n) is 14.9. The molecule has 0 spiro atoms. The number of esters is 1. The number of carbonyl (C=O) groups excluding carboxylic acids is 3. The van der Waals surface area contributed by atoms with Crippen LogP contribution in [0.3, 0.4) is 0 Å². The molecule has 3 rings (SSSR count). The minimum absolute atomic E-state index is 0.104. The monoisotopic (exact) mass is 354 g/mol. The van der Waals surface area contributed by atoms with Crippen molar-refractivity contribution in [2.24, 2.45) is 11.8 Å². The van der Waals surface area contributed by atoms with E-state index in [1.807, 2.05) is 43.3 Å². The minimum Gasteiger partial charge on any atom is -0.493 e. The van der Waals surface area contributed by atoms with Gasteiger partial charge in [0.05, 0.1) is 19.6 Å². The van der Waals surface area contributed by atoms with Crippen molar-refractivity contribution >= 4 is 12.1 Å². The second kappa shape index (κ2) is 9.54. The fraction of sp³-hybridized carbons (Fsp3) is 0.333. The smallest absolute Gasteiger partial charge is 0.373 e. The quantitative estimate of drug-likeness (QED) is 0.788. The Hall–Kier alpha value is -2.91. The predicted octanol–water partition coefficient (Wildman–Crippen LogP) is 3.25. The lowest BCUT2D eigenvalue weighted by Gasteiger charge is -2.36. The van der Waals surface area contributed by atoms with E-state index in [4.69, 9.17) is 19.1 Å². The number of ether oxygens (including phenoxy) is 2. The summed E-state index contributed by atoms with van der Waals surface area (Å²) >= 11 is 0.